The smallest absolute Gasteiger partial charge is 0.240 e. The van der Waals surface area contributed by atoms with Crippen molar-refractivity contribution in [1.82, 2.24) is 10.0 Å². The molecule has 20 heavy (non-hydrogen) atoms. The molecule has 7 heteroatoms. The molecule has 1 aliphatic rings. The largest absolute Gasteiger partial charge is 0.492 e. The fourth-order valence-electron chi connectivity index (χ4n) is 1.90. The summed E-state index contributed by atoms with van der Waals surface area (Å²) in [6, 6.07) is 6.59. The van der Waals surface area contributed by atoms with E-state index >= 15 is 0 Å². The molecule has 0 aliphatic carbocycles. The van der Waals surface area contributed by atoms with Gasteiger partial charge in [0, 0.05) is 18.3 Å². The van der Waals surface area contributed by atoms with Crippen molar-refractivity contribution in [2.75, 3.05) is 31.7 Å². The Labute approximate surface area is 124 Å². The van der Waals surface area contributed by atoms with Crippen molar-refractivity contribution >= 4 is 21.8 Å². The summed E-state index contributed by atoms with van der Waals surface area (Å²) in [4.78, 5) is 0.287. The van der Waals surface area contributed by atoms with E-state index in [0.717, 1.165) is 24.5 Å². The van der Waals surface area contributed by atoms with Crippen LogP contribution in [0.3, 0.4) is 0 Å². The summed E-state index contributed by atoms with van der Waals surface area (Å²) in [6.07, 6.45) is 0.898. The first kappa shape index (κ1) is 15.6. The molecule has 2 N–H and O–H groups in total. The predicted molar refractivity (Wildman–Crippen MR) is 81.9 cm³/mol. The number of benzene rings is 1. The molecule has 112 valence electrons. The lowest BCUT2D eigenvalue weighted by Crippen LogP contribution is -2.34. The summed E-state index contributed by atoms with van der Waals surface area (Å²) in [5, 5.41) is 2.98. The fourth-order valence-corrected chi connectivity index (χ4v) is 4.43. The molecule has 1 aromatic carbocycles. The minimum Gasteiger partial charge on any atom is -0.492 e. The van der Waals surface area contributed by atoms with Crippen LogP contribution >= 0.6 is 11.8 Å². The first-order valence-corrected chi connectivity index (χ1v) is 9.23. The lowest BCUT2D eigenvalue weighted by Gasteiger charge is -2.12. The summed E-state index contributed by atoms with van der Waals surface area (Å²) in [5.41, 5.74) is 0. The van der Waals surface area contributed by atoms with Crippen LogP contribution < -0.4 is 14.8 Å². The maximum absolute atomic E-state index is 12.2. The number of thioether (sulfide) groups is 1. The van der Waals surface area contributed by atoms with Crippen LogP contribution in [-0.2, 0) is 10.0 Å². The maximum Gasteiger partial charge on any atom is 0.240 e. The second kappa shape index (κ2) is 7.31. The van der Waals surface area contributed by atoms with Crippen LogP contribution in [0.4, 0.5) is 0 Å². The molecule has 1 aromatic rings. The van der Waals surface area contributed by atoms with Crippen LogP contribution in [-0.4, -0.2) is 46.2 Å². The topological polar surface area (TPSA) is 67.4 Å². The van der Waals surface area contributed by atoms with Gasteiger partial charge in [0.2, 0.25) is 10.0 Å². The van der Waals surface area contributed by atoms with Gasteiger partial charge in [0.05, 0.1) is 4.90 Å². The zero-order chi connectivity index (χ0) is 14.4. The molecular weight excluding hydrogens is 296 g/mol. The van der Waals surface area contributed by atoms with E-state index in [2.05, 4.69) is 10.0 Å². The van der Waals surface area contributed by atoms with Gasteiger partial charge < -0.3 is 10.1 Å². The van der Waals surface area contributed by atoms with Gasteiger partial charge in [0.1, 0.15) is 12.4 Å². The quantitative estimate of drug-likeness (QED) is 0.737. The summed E-state index contributed by atoms with van der Waals surface area (Å²) in [6.45, 7) is 1.31. The molecule has 1 unspecified atom stereocenters. The first-order chi connectivity index (χ1) is 9.62. The highest BCUT2D eigenvalue weighted by atomic mass is 32.2. The van der Waals surface area contributed by atoms with Crippen molar-refractivity contribution in [3.05, 3.63) is 24.3 Å². The highest BCUT2D eigenvalue weighted by Crippen LogP contribution is 2.21. The van der Waals surface area contributed by atoms with Crippen LogP contribution in [0.15, 0.2) is 29.2 Å². The highest BCUT2D eigenvalue weighted by molar-refractivity contribution is 7.99. The molecule has 1 heterocycles. The third kappa shape index (κ3) is 4.37. The number of likely N-dealkylation sites (N-methyl/N-ethyl adjacent to an activating group) is 1. The normalized spacial score (nSPS) is 19.1. The summed E-state index contributed by atoms with van der Waals surface area (Å²) in [5.74, 6) is 2.55. The molecule has 0 bridgehead atoms. The second-order valence-electron chi connectivity index (χ2n) is 4.61. The second-order valence-corrected chi connectivity index (χ2v) is 7.47. The van der Waals surface area contributed by atoms with Gasteiger partial charge in [0.25, 0.3) is 0 Å². The van der Waals surface area contributed by atoms with Gasteiger partial charge in [-0.3, -0.25) is 0 Å². The predicted octanol–water partition coefficient (Wildman–Crippen LogP) is 1.07. The molecule has 1 fully saturated rings. The maximum atomic E-state index is 12.2. The molecule has 1 atom stereocenters. The molecule has 1 aliphatic heterocycles. The van der Waals surface area contributed by atoms with Crippen molar-refractivity contribution in [3.63, 3.8) is 0 Å². The highest BCUT2D eigenvalue weighted by Gasteiger charge is 2.23. The first-order valence-electron chi connectivity index (χ1n) is 6.59. The number of sulfonamides is 1. The van der Waals surface area contributed by atoms with E-state index in [1.54, 1.807) is 36.0 Å². The van der Waals surface area contributed by atoms with Crippen molar-refractivity contribution < 1.29 is 13.2 Å². The lowest BCUT2D eigenvalue weighted by atomic mass is 10.3. The fraction of sp³-hybridized carbons (Fsp3) is 0.538. The van der Waals surface area contributed by atoms with Crippen LogP contribution in [0, 0.1) is 0 Å². The zero-order valence-electron chi connectivity index (χ0n) is 11.5. The Kier molecular flexibility index (Phi) is 5.71. The van der Waals surface area contributed by atoms with Crippen molar-refractivity contribution in [3.8, 4) is 5.75 Å². The summed E-state index contributed by atoms with van der Waals surface area (Å²) < 4.78 is 32.6. The Hall–Kier alpha value is -0.760. The van der Waals surface area contributed by atoms with Crippen LogP contribution in [0.2, 0.25) is 0 Å². The molecule has 1 saturated heterocycles. The van der Waals surface area contributed by atoms with Crippen molar-refractivity contribution in [2.24, 2.45) is 0 Å². The van der Waals surface area contributed by atoms with E-state index in [0.29, 0.717) is 12.4 Å². The van der Waals surface area contributed by atoms with Gasteiger partial charge in [0.15, 0.2) is 0 Å². The molecule has 0 amide bonds. The number of hydrogen-bond acceptors (Lipinski definition) is 5. The van der Waals surface area contributed by atoms with Gasteiger partial charge in [-0.1, -0.05) is 0 Å². The average molecular weight is 316 g/mol. The minimum absolute atomic E-state index is 0.0524. The SMILES string of the molecule is CNCCOc1ccc(S(=O)(=O)NC2CCSC2)cc1. The van der Waals surface area contributed by atoms with Crippen molar-refractivity contribution in [1.29, 1.82) is 0 Å². The Morgan fingerprint density at radius 2 is 2.10 bits per heavy atom. The van der Waals surface area contributed by atoms with E-state index in [1.165, 1.54) is 0 Å². The number of hydrogen-bond donors (Lipinski definition) is 2. The lowest BCUT2D eigenvalue weighted by molar-refractivity contribution is 0.318. The molecule has 0 saturated carbocycles. The molecule has 0 radical (unpaired) electrons. The zero-order valence-corrected chi connectivity index (χ0v) is 13.1. The number of nitrogens with one attached hydrogen (secondary N) is 2. The average Bonchev–Trinajstić information content (AvgIpc) is 2.92. The van der Waals surface area contributed by atoms with Gasteiger partial charge in [-0.25, -0.2) is 13.1 Å². The monoisotopic (exact) mass is 316 g/mol. The molecular formula is C13H20N2O3S2. The third-order valence-electron chi connectivity index (χ3n) is 3.01. The Bertz CT molecular complexity index is 511. The third-order valence-corrected chi connectivity index (χ3v) is 5.71. The summed E-state index contributed by atoms with van der Waals surface area (Å²) in [7, 11) is -1.56. The Balaban J connectivity index is 1.97. The molecule has 5 nitrogen and oxygen atoms in total. The Morgan fingerprint density at radius 3 is 2.70 bits per heavy atom. The molecule has 0 aromatic heterocycles. The van der Waals surface area contributed by atoms with Gasteiger partial charge in [-0.05, 0) is 43.5 Å². The van der Waals surface area contributed by atoms with Crippen LogP contribution in [0.25, 0.3) is 0 Å². The van der Waals surface area contributed by atoms with E-state index in [4.69, 9.17) is 4.74 Å². The van der Waals surface area contributed by atoms with Gasteiger partial charge in [-0.15, -0.1) is 0 Å². The number of rotatable bonds is 7. The van der Waals surface area contributed by atoms with Gasteiger partial charge >= 0.3 is 0 Å². The number of ether oxygens (including phenoxy) is 1. The van der Waals surface area contributed by atoms with E-state index < -0.39 is 10.0 Å². The minimum atomic E-state index is -3.42. The van der Waals surface area contributed by atoms with Crippen LogP contribution in [0.1, 0.15) is 6.42 Å². The van der Waals surface area contributed by atoms with E-state index in [9.17, 15) is 8.42 Å². The van der Waals surface area contributed by atoms with E-state index in [-0.39, 0.29) is 10.9 Å². The van der Waals surface area contributed by atoms with Crippen LogP contribution in [0.5, 0.6) is 5.75 Å². The van der Waals surface area contributed by atoms with Gasteiger partial charge in [-0.2, -0.15) is 11.8 Å². The summed E-state index contributed by atoms with van der Waals surface area (Å²) >= 11 is 1.78. The molecule has 2 rings (SSSR count). The molecule has 0 spiro atoms. The van der Waals surface area contributed by atoms with Crippen molar-refractivity contribution in [2.45, 2.75) is 17.4 Å². The standard InChI is InChI=1S/C13H20N2O3S2/c1-14-7-8-18-12-2-4-13(5-3-12)20(16,17)15-11-6-9-19-10-11/h2-5,11,14-15H,6-10H2,1H3. The van der Waals surface area contributed by atoms with E-state index in [1.807, 2.05) is 7.05 Å². The Morgan fingerprint density at radius 1 is 1.35 bits per heavy atom.